The molecule has 6 heteroatoms. The predicted molar refractivity (Wildman–Crippen MR) is 132 cm³/mol. The van der Waals surface area contributed by atoms with Gasteiger partial charge in [0.05, 0.1) is 5.75 Å². The van der Waals surface area contributed by atoms with Gasteiger partial charge in [0.2, 0.25) is 5.91 Å². The summed E-state index contributed by atoms with van der Waals surface area (Å²) in [5.41, 5.74) is 0. The van der Waals surface area contributed by atoms with Crippen molar-refractivity contribution >= 4 is 16.0 Å². The topological polar surface area (TPSA) is 83.5 Å². The molecule has 0 radical (unpaired) electrons. The van der Waals surface area contributed by atoms with Gasteiger partial charge in [0.15, 0.2) is 0 Å². The number of hydrogen-bond donors (Lipinski definition) is 2. The fourth-order valence-electron chi connectivity index (χ4n) is 3.63. The Labute approximate surface area is 192 Å². The summed E-state index contributed by atoms with van der Waals surface area (Å²) in [6.07, 6.45) is 27.2. The SMILES string of the molecule is CCCCCCCC/C=C/CCCCCCCCCCCC(=O)NCCCS(=O)(=O)O. The van der Waals surface area contributed by atoms with Gasteiger partial charge in [0.25, 0.3) is 10.1 Å². The highest BCUT2D eigenvalue weighted by molar-refractivity contribution is 7.85. The van der Waals surface area contributed by atoms with Crippen molar-refractivity contribution < 1.29 is 17.8 Å². The third-order valence-corrected chi connectivity index (χ3v) is 6.37. The monoisotopic (exact) mass is 459 g/mol. The van der Waals surface area contributed by atoms with Gasteiger partial charge in [-0.25, -0.2) is 0 Å². The van der Waals surface area contributed by atoms with Crippen molar-refractivity contribution in [1.29, 1.82) is 0 Å². The molecule has 0 aliphatic heterocycles. The second-order valence-corrected chi connectivity index (χ2v) is 10.3. The van der Waals surface area contributed by atoms with Crippen molar-refractivity contribution in [3.63, 3.8) is 0 Å². The highest BCUT2D eigenvalue weighted by Crippen LogP contribution is 2.12. The van der Waals surface area contributed by atoms with E-state index in [0.29, 0.717) is 13.0 Å². The smallest absolute Gasteiger partial charge is 0.264 e. The fourth-order valence-corrected chi connectivity index (χ4v) is 4.14. The summed E-state index contributed by atoms with van der Waals surface area (Å²) in [5, 5.41) is 2.69. The van der Waals surface area contributed by atoms with E-state index in [1.165, 1.54) is 96.3 Å². The zero-order valence-electron chi connectivity index (χ0n) is 20.1. The first-order chi connectivity index (χ1) is 15.0. The molecular weight excluding hydrogens is 410 g/mol. The molecule has 0 aromatic carbocycles. The van der Waals surface area contributed by atoms with Crippen LogP contribution >= 0.6 is 0 Å². The average Bonchev–Trinajstić information content (AvgIpc) is 2.72. The predicted octanol–water partition coefficient (Wildman–Crippen LogP) is 6.98. The fraction of sp³-hybridized carbons (Fsp3) is 0.880. The zero-order chi connectivity index (χ0) is 23.0. The summed E-state index contributed by atoms with van der Waals surface area (Å²) in [5.74, 6) is -0.333. The van der Waals surface area contributed by atoms with E-state index in [-0.39, 0.29) is 18.1 Å². The number of allylic oxidation sites excluding steroid dienone is 2. The van der Waals surface area contributed by atoms with E-state index in [4.69, 9.17) is 4.55 Å². The van der Waals surface area contributed by atoms with E-state index in [9.17, 15) is 13.2 Å². The van der Waals surface area contributed by atoms with Crippen LogP contribution in [0, 0.1) is 0 Å². The number of unbranched alkanes of at least 4 members (excludes halogenated alkanes) is 15. The van der Waals surface area contributed by atoms with Gasteiger partial charge in [-0.3, -0.25) is 9.35 Å². The van der Waals surface area contributed by atoms with Crippen molar-refractivity contribution in [2.24, 2.45) is 0 Å². The quantitative estimate of drug-likeness (QED) is 0.0980. The van der Waals surface area contributed by atoms with Crippen molar-refractivity contribution in [3.8, 4) is 0 Å². The van der Waals surface area contributed by atoms with Crippen molar-refractivity contribution in [1.82, 2.24) is 5.32 Å². The number of amides is 1. The highest BCUT2D eigenvalue weighted by Gasteiger charge is 2.05. The van der Waals surface area contributed by atoms with E-state index in [0.717, 1.165) is 12.8 Å². The Kier molecular flexibility index (Phi) is 21.7. The third kappa shape index (κ3) is 27.1. The Morgan fingerprint density at radius 1 is 0.710 bits per heavy atom. The molecule has 0 heterocycles. The molecule has 0 rings (SSSR count). The van der Waals surface area contributed by atoms with Gasteiger partial charge in [-0.15, -0.1) is 0 Å². The Bertz CT molecular complexity index is 532. The molecule has 0 fully saturated rings. The van der Waals surface area contributed by atoms with Gasteiger partial charge in [-0.1, -0.05) is 96.1 Å². The minimum absolute atomic E-state index is 0.0311. The van der Waals surface area contributed by atoms with Crippen molar-refractivity contribution in [2.75, 3.05) is 12.3 Å². The summed E-state index contributed by atoms with van der Waals surface area (Å²) in [4.78, 5) is 11.6. The second-order valence-electron chi connectivity index (χ2n) is 8.74. The van der Waals surface area contributed by atoms with Crippen LogP contribution in [0.1, 0.15) is 129 Å². The number of carbonyl (C=O) groups is 1. The van der Waals surface area contributed by atoms with Gasteiger partial charge < -0.3 is 5.32 Å². The van der Waals surface area contributed by atoms with Crippen LogP contribution in [0.5, 0.6) is 0 Å². The van der Waals surface area contributed by atoms with Gasteiger partial charge in [0.1, 0.15) is 0 Å². The van der Waals surface area contributed by atoms with Crippen LogP contribution in [0.3, 0.4) is 0 Å². The molecule has 0 bridgehead atoms. The molecule has 184 valence electrons. The summed E-state index contributed by atoms with van der Waals surface area (Å²) in [6, 6.07) is 0. The Balaban J connectivity index is 3.22. The van der Waals surface area contributed by atoms with Gasteiger partial charge >= 0.3 is 0 Å². The van der Waals surface area contributed by atoms with Crippen molar-refractivity contribution in [2.45, 2.75) is 129 Å². The standard InChI is InChI=1S/C25H49NO4S/c1-2-3-4-5-6-7-8-9-10-11-12-13-14-15-16-17-18-19-20-22-25(27)26-23-21-24-31(28,29)30/h9-10H,2-8,11-24H2,1H3,(H,26,27)(H,28,29,30)/b10-9+. The van der Waals surface area contributed by atoms with Crippen LogP contribution < -0.4 is 5.32 Å². The first-order valence-electron chi connectivity index (χ1n) is 12.8. The van der Waals surface area contributed by atoms with E-state index in [1.54, 1.807) is 0 Å². The summed E-state index contributed by atoms with van der Waals surface area (Å²) in [7, 11) is -3.92. The Morgan fingerprint density at radius 3 is 1.65 bits per heavy atom. The maximum absolute atomic E-state index is 11.6. The molecule has 0 aromatic heterocycles. The molecule has 0 aromatic rings. The second kappa shape index (κ2) is 22.3. The minimum Gasteiger partial charge on any atom is -0.356 e. The lowest BCUT2D eigenvalue weighted by Crippen LogP contribution is -2.25. The van der Waals surface area contributed by atoms with Crippen LogP contribution in [0.25, 0.3) is 0 Å². The first-order valence-corrected chi connectivity index (χ1v) is 14.4. The van der Waals surface area contributed by atoms with Crippen LogP contribution in [-0.2, 0) is 14.9 Å². The Hall–Kier alpha value is -0.880. The van der Waals surface area contributed by atoms with Crippen LogP contribution in [0.15, 0.2) is 12.2 Å². The highest BCUT2D eigenvalue weighted by atomic mass is 32.2. The molecule has 5 nitrogen and oxygen atoms in total. The molecule has 0 spiro atoms. The molecule has 0 aliphatic carbocycles. The lowest BCUT2D eigenvalue weighted by atomic mass is 10.1. The van der Waals surface area contributed by atoms with Crippen LogP contribution in [0.4, 0.5) is 0 Å². The average molecular weight is 460 g/mol. The summed E-state index contributed by atoms with van der Waals surface area (Å²) >= 11 is 0. The maximum atomic E-state index is 11.6. The molecule has 31 heavy (non-hydrogen) atoms. The van der Waals surface area contributed by atoms with Gasteiger partial charge in [-0.2, -0.15) is 8.42 Å². The number of carbonyl (C=O) groups excluding carboxylic acids is 1. The van der Waals surface area contributed by atoms with Gasteiger partial charge in [0, 0.05) is 13.0 Å². The maximum Gasteiger partial charge on any atom is 0.264 e. The molecule has 2 N–H and O–H groups in total. The molecular formula is C25H49NO4S. The third-order valence-electron chi connectivity index (χ3n) is 5.57. The van der Waals surface area contributed by atoms with Crippen LogP contribution in [-0.4, -0.2) is 31.2 Å². The normalized spacial score (nSPS) is 11.9. The molecule has 0 saturated carbocycles. The van der Waals surface area contributed by atoms with Gasteiger partial charge in [-0.05, 0) is 38.5 Å². The lowest BCUT2D eigenvalue weighted by Gasteiger charge is -2.05. The van der Waals surface area contributed by atoms with E-state index >= 15 is 0 Å². The molecule has 1 amide bonds. The Morgan fingerprint density at radius 2 is 1.16 bits per heavy atom. The number of rotatable bonds is 23. The van der Waals surface area contributed by atoms with Crippen molar-refractivity contribution in [3.05, 3.63) is 12.2 Å². The van der Waals surface area contributed by atoms with Crippen LogP contribution in [0.2, 0.25) is 0 Å². The zero-order valence-corrected chi connectivity index (χ0v) is 20.9. The first kappa shape index (κ1) is 30.1. The summed E-state index contributed by atoms with van der Waals surface area (Å²) in [6.45, 7) is 2.56. The lowest BCUT2D eigenvalue weighted by molar-refractivity contribution is -0.121. The van der Waals surface area contributed by atoms with E-state index < -0.39 is 10.1 Å². The van der Waals surface area contributed by atoms with E-state index in [1.807, 2.05) is 0 Å². The minimum atomic E-state index is -3.92. The largest absolute Gasteiger partial charge is 0.356 e. The molecule has 0 aliphatic rings. The number of hydrogen-bond acceptors (Lipinski definition) is 3. The molecule has 0 unspecified atom stereocenters. The number of nitrogens with one attached hydrogen (secondary N) is 1. The molecule has 0 atom stereocenters. The summed E-state index contributed by atoms with van der Waals surface area (Å²) < 4.78 is 29.8. The molecule has 0 saturated heterocycles. The van der Waals surface area contributed by atoms with E-state index in [2.05, 4.69) is 24.4 Å².